The number of aromatic nitrogens is 1. The molecule has 6 heteroatoms. The summed E-state index contributed by atoms with van der Waals surface area (Å²) in [6, 6.07) is 9.90. The fraction of sp³-hybridized carbons (Fsp3) is 0.222. The molecule has 0 saturated heterocycles. The highest BCUT2D eigenvalue weighted by molar-refractivity contribution is 7.09. The van der Waals surface area contributed by atoms with E-state index in [4.69, 9.17) is 4.74 Å². The van der Waals surface area contributed by atoms with E-state index < -0.39 is 0 Å². The second-order valence-electron chi connectivity index (χ2n) is 5.52. The second kappa shape index (κ2) is 7.59. The van der Waals surface area contributed by atoms with Crippen molar-refractivity contribution in [2.45, 2.75) is 20.1 Å². The summed E-state index contributed by atoms with van der Waals surface area (Å²) in [6.45, 7) is 3.00. The Balaban J connectivity index is 1.58. The molecule has 1 aromatic carbocycles. The normalized spacial score (nSPS) is 10.6. The van der Waals surface area contributed by atoms with Crippen molar-refractivity contribution in [2.75, 3.05) is 7.05 Å². The van der Waals surface area contributed by atoms with E-state index >= 15 is 0 Å². The molecule has 2 aromatic heterocycles. The Morgan fingerprint density at radius 1 is 1.21 bits per heavy atom. The molecular weight excluding hydrogens is 340 g/mol. The van der Waals surface area contributed by atoms with Crippen LogP contribution in [-0.4, -0.2) is 22.8 Å². The first-order chi connectivity index (χ1) is 11.6. The molecule has 0 aliphatic heterocycles. The Morgan fingerprint density at radius 3 is 2.71 bits per heavy atom. The van der Waals surface area contributed by atoms with E-state index in [1.165, 1.54) is 16.9 Å². The molecule has 124 valence electrons. The highest BCUT2D eigenvalue weighted by Crippen LogP contribution is 2.17. The van der Waals surface area contributed by atoms with Gasteiger partial charge in [-0.15, -0.1) is 11.3 Å². The van der Waals surface area contributed by atoms with E-state index in [9.17, 15) is 4.79 Å². The van der Waals surface area contributed by atoms with Gasteiger partial charge in [0.15, 0.2) is 0 Å². The average molecular weight is 358 g/mol. The Morgan fingerprint density at radius 2 is 2.00 bits per heavy atom. The van der Waals surface area contributed by atoms with Crippen LogP contribution < -0.4 is 4.74 Å². The van der Waals surface area contributed by atoms with Crippen LogP contribution in [0.25, 0.3) is 0 Å². The van der Waals surface area contributed by atoms with E-state index in [1.54, 1.807) is 28.7 Å². The minimum absolute atomic E-state index is 0.0703. The molecule has 3 aromatic rings. The van der Waals surface area contributed by atoms with Crippen LogP contribution in [0.1, 0.15) is 26.6 Å². The zero-order valence-corrected chi connectivity index (χ0v) is 15.2. The van der Waals surface area contributed by atoms with Crippen molar-refractivity contribution in [3.63, 3.8) is 0 Å². The second-order valence-corrected chi connectivity index (χ2v) is 7.24. The maximum atomic E-state index is 12.4. The van der Waals surface area contributed by atoms with Gasteiger partial charge in [0.2, 0.25) is 0 Å². The SMILES string of the molecule is Cc1ccc(OCc2nc(C(=O)N(C)Cc3ccsc3)cs2)cc1. The summed E-state index contributed by atoms with van der Waals surface area (Å²) in [7, 11) is 1.79. The van der Waals surface area contributed by atoms with Crippen LogP contribution in [0.4, 0.5) is 0 Å². The molecule has 0 aliphatic rings. The van der Waals surface area contributed by atoms with Crippen LogP contribution in [0, 0.1) is 6.92 Å². The van der Waals surface area contributed by atoms with Gasteiger partial charge in [-0.05, 0) is 41.4 Å². The summed E-state index contributed by atoms with van der Waals surface area (Å²) in [5.41, 5.74) is 2.80. The van der Waals surface area contributed by atoms with Crippen molar-refractivity contribution in [1.29, 1.82) is 0 Å². The number of carbonyl (C=O) groups excluding carboxylic acids is 1. The van der Waals surface area contributed by atoms with Crippen molar-refractivity contribution >= 4 is 28.6 Å². The fourth-order valence-electron chi connectivity index (χ4n) is 2.18. The Kier molecular flexibility index (Phi) is 5.27. The zero-order chi connectivity index (χ0) is 16.9. The molecular formula is C18H18N2O2S2. The molecule has 0 radical (unpaired) electrons. The van der Waals surface area contributed by atoms with Crippen LogP contribution in [0.5, 0.6) is 5.75 Å². The smallest absolute Gasteiger partial charge is 0.273 e. The van der Waals surface area contributed by atoms with Crippen LogP contribution in [0.2, 0.25) is 0 Å². The zero-order valence-electron chi connectivity index (χ0n) is 13.6. The van der Waals surface area contributed by atoms with Crippen LogP contribution in [-0.2, 0) is 13.2 Å². The lowest BCUT2D eigenvalue weighted by Gasteiger charge is -2.14. The summed E-state index contributed by atoms with van der Waals surface area (Å²) in [5.74, 6) is 0.734. The van der Waals surface area contributed by atoms with Crippen molar-refractivity contribution in [2.24, 2.45) is 0 Å². The van der Waals surface area contributed by atoms with Gasteiger partial charge in [0, 0.05) is 19.0 Å². The molecule has 0 saturated carbocycles. The lowest BCUT2D eigenvalue weighted by Crippen LogP contribution is -2.26. The summed E-state index contributed by atoms with van der Waals surface area (Å²) in [6.07, 6.45) is 0. The lowest BCUT2D eigenvalue weighted by molar-refractivity contribution is 0.0780. The van der Waals surface area contributed by atoms with Gasteiger partial charge >= 0.3 is 0 Å². The standard InChI is InChI=1S/C18H18N2O2S2/c1-13-3-5-15(6-4-13)22-10-17-19-16(12-24-17)18(21)20(2)9-14-7-8-23-11-14/h3-8,11-12H,9-10H2,1-2H3. The highest BCUT2D eigenvalue weighted by Gasteiger charge is 2.16. The molecule has 0 N–H and O–H groups in total. The van der Waals surface area contributed by atoms with Gasteiger partial charge in [0.1, 0.15) is 23.1 Å². The Hall–Kier alpha value is -2.18. The molecule has 0 bridgehead atoms. The van der Waals surface area contributed by atoms with Crippen LogP contribution >= 0.6 is 22.7 Å². The Labute approximate surface area is 149 Å². The molecule has 0 spiro atoms. The van der Waals surface area contributed by atoms with Crippen molar-refractivity contribution in [3.8, 4) is 5.75 Å². The minimum atomic E-state index is -0.0703. The number of thiazole rings is 1. The van der Waals surface area contributed by atoms with Crippen molar-refractivity contribution < 1.29 is 9.53 Å². The maximum Gasteiger partial charge on any atom is 0.273 e. The maximum absolute atomic E-state index is 12.4. The van der Waals surface area contributed by atoms with Crippen LogP contribution in [0.3, 0.4) is 0 Å². The predicted molar refractivity (Wildman–Crippen MR) is 97.7 cm³/mol. The van der Waals surface area contributed by atoms with E-state index in [0.717, 1.165) is 16.3 Å². The molecule has 2 heterocycles. The summed E-state index contributed by atoms with van der Waals surface area (Å²) < 4.78 is 5.71. The average Bonchev–Trinajstić information content (AvgIpc) is 3.25. The first-order valence-electron chi connectivity index (χ1n) is 7.52. The number of rotatable bonds is 6. The third kappa shape index (κ3) is 4.21. The van der Waals surface area contributed by atoms with Gasteiger partial charge in [0.25, 0.3) is 5.91 Å². The van der Waals surface area contributed by atoms with Gasteiger partial charge in [-0.1, -0.05) is 17.7 Å². The summed E-state index contributed by atoms with van der Waals surface area (Å²) in [5, 5.41) is 6.64. The number of nitrogens with zero attached hydrogens (tertiary/aromatic N) is 2. The van der Waals surface area contributed by atoms with Gasteiger partial charge in [-0.2, -0.15) is 11.3 Å². The topological polar surface area (TPSA) is 42.4 Å². The number of aryl methyl sites for hydroxylation is 1. The summed E-state index contributed by atoms with van der Waals surface area (Å²) >= 11 is 3.07. The minimum Gasteiger partial charge on any atom is -0.486 e. The largest absolute Gasteiger partial charge is 0.486 e. The van der Waals surface area contributed by atoms with E-state index in [0.29, 0.717) is 18.8 Å². The lowest BCUT2D eigenvalue weighted by atomic mass is 10.2. The fourth-order valence-corrected chi connectivity index (χ4v) is 3.52. The van der Waals surface area contributed by atoms with Gasteiger partial charge in [-0.25, -0.2) is 4.98 Å². The molecule has 0 unspecified atom stereocenters. The van der Waals surface area contributed by atoms with Crippen LogP contribution in [0.15, 0.2) is 46.5 Å². The molecule has 1 amide bonds. The third-order valence-corrected chi connectivity index (χ3v) is 5.06. The monoisotopic (exact) mass is 358 g/mol. The number of hydrogen-bond acceptors (Lipinski definition) is 5. The quantitative estimate of drug-likeness (QED) is 0.657. The number of hydrogen-bond donors (Lipinski definition) is 0. The van der Waals surface area contributed by atoms with Crippen molar-refractivity contribution in [1.82, 2.24) is 9.88 Å². The van der Waals surface area contributed by atoms with Gasteiger partial charge in [0.05, 0.1) is 0 Å². The molecule has 0 atom stereocenters. The number of ether oxygens (including phenoxy) is 1. The number of benzene rings is 1. The number of thiophene rings is 1. The number of amides is 1. The van der Waals surface area contributed by atoms with E-state index in [2.05, 4.69) is 4.98 Å². The Bertz CT molecular complexity index is 795. The summed E-state index contributed by atoms with van der Waals surface area (Å²) in [4.78, 5) is 18.5. The van der Waals surface area contributed by atoms with Gasteiger partial charge in [-0.3, -0.25) is 4.79 Å². The molecule has 4 nitrogen and oxygen atoms in total. The molecule has 0 aliphatic carbocycles. The molecule has 0 fully saturated rings. The van der Waals surface area contributed by atoms with Gasteiger partial charge < -0.3 is 9.64 Å². The molecule has 3 rings (SSSR count). The van der Waals surface area contributed by atoms with E-state index in [1.807, 2.05) is 48.0 Å². The predicted octanol–water partition coefficient (Wildman–Crippen LogP) is 4.36. The number of carbonyl (C=O) groups is 1. The highest BCUT2D eigenvalue weighted by atomic mass is 32.1. The third-order valence-electron chi connectivity index (χ3n) is 3.50. The first-order valence-corrected chi connectivity index (χ1v) is 9.34. The molecule has 24 heavy (non-hydrogen) atoms. The first kappa shape index (κ1) is 16.7. The van der Waals surface area contributed by atoms with E-state index in [-0.39, 0.29) is 5.91 Å². The van der Waals surface area contributed by atoms with Crippen molar-refractivity contribution in [3.05, 3.63) is 68.3 Å².